The first-order chi connectivity index (χ1) is 6.20. The van der Waals surface area contributed by atoms with Crippen molar-refractivity contribution in [2.45, 2.75) is 20.0 Å². The van der Waals surface area contributed by atoms with Gasteiger partial charge in [0.25, 0.3) is 0 Å². The molecule has 0 rings (SSSR count). The lowest BCUT2D eigenvalue weighted by molar-refractivity contribution is -0.136. The molecule has 0 unspecified atom stereocenters. The van der Waals surface area contributed by atoms with Gasteiger partial charge in [0.2, 0.25) is 0 Å². The predicted molar refractivity (Wildman–Crippen MR) is 46.9 cm³/mol. The van der Waals surface area contributed by atoms with E-state index in [9.17, 15) is 4.79 Å². The van der Waals surface area contributed by atoms with Crippen LogP contribution in [0.25, 0.3) is 0 Å². The summed E-state index contributed by atoms with van der Waals surface area (Å²) in [6.45, 7) is 4.41. The second kappa shape index (κ2) is 7.59. The van der Waals surface area contributed by atoms with Crippen molar-refractivity contribution in [2.24, 2.45) is 0 Å². The maximum Gasteiger partial charge on any atom is 0.384 e. The first-order valence-corrected chi connectivity index (χ1v) is 4.14. The molecule has 0 aliphatic heterocycles. The van der Waals surface area contributed by atoms with Gasteiger partial charge in [-0.25, -0.2) is 4.79 Å². The minimum Gasteiger partial charge on any atom is -0.456 e. The lowest BCUT2D eigenvalue weighted by Crippen LogP contribution is -2.13. The van der Waals surface area contributed by atoms with E-state index in [0.717, 1.165) is 0 Å². The SMILES string of the molecule is CCOC[C@@H](O)C#CC(=O)OCC. The molecule has 0 aliphatic carbocycles. The van der Waals surface area contributed by atoms with Crippen LogP contribution in [-0.2, 0) is 14.3 Å². The van der Waals surface area contributed by atoms with Crippen LogP contribution in [0.4, 0.5) is 0 Å². The zero-order valence-electron chi connectivity index (χ0n) is 7.87. The highest BCUT2D eigenvalue weighted by Gasteiger charge is 1.99. The number of esters is 1. The normalized spacial score (nSPS) is 11.3. The van der Waals surface area contributed by atoms with E-state index in [-0.39, 0.29) is 13.2 Å². The summed E-state index contributed by atoms with van der Waals surface area (Å²) in [5, 5.41) is 9.09. The molecule has 0 aromatic heterocycles. The summed E-state index contributed by atoms with van der Waals surface area (Å²) in [5.74, 6) is 3.83. The van der Waals surface area contributed by atoms with Gasteiger partial charge in [-0.05, 0) is 13.8 Å². The smallest absolute Gasteiger partial charge is 0.384 e. The molecule has 1 atom stereocenters. The molecule has 0 radical (unpaired) electrons. The number of hydrogen-bond donors (Lipinski definition) is 1. The molecule has 0 aromatic carbocycles. The lowest BCUT2D eigenvalue weighted by atomic mass is 10.4. The molecule has 1 N–H and O–H groups in total. The van der Waals surface area contributed by atoms with Gasteiger partial charge in [-0.1, -0.05) is 5.92 Å². The Morgan fingerprint density at radius 2 is 2.15 bits per heavy atom. The van der Waals surface area contributed by atoms with Crippen molar-refractivity contribution in [3.05, 3.63) is 0 Å². The molecular weight excluding hydrogens is 172 g/mol. The Labute approximate surface area is 77.8 Å². The summed E-state index contributed by atoms with van der Waals surface area (Å²) in [6, 6.07) is 0. The number of rotatable bonds is 4. The number of hydrogen-bond acceptors (Lipinski definition) is 4. The Balaban J connectivity index is 3.73. The van der Waals surface area contributed by atoms with Crippen molar-refractivity contribution < 1.29 is 19.4 Å². The second-order valence-electron chi connectivity index (χ2n) is 2.17. The summed E-state index contributed by atoms with van der Waals surface area (Å²) in [6.07, 6.45) is -0.927. The molecule has 13 heavy (non-hydrogen) atoms. The standard InChI is InChI=1S/C9H14O4/c1-3-12-7-8(10)5-6-9(11)13-4-2/h8,10H,3-4,7H2,1-2H3/t8-/m0/s1. The first-order valence-electron chi connectivity index (χ1n) is 4.14. The van der Waals surface area contributed by atoms with Crippen LogP contribution in [-0.4, -0.2) is 37.0 Å². The maximum atomic E-state index is 10.7. The Morgan fingerprint density at radius 1 is 1.46 bits per heavy atom. The summed E-state index contributed by atoms with van der Waals surface area (Å²) in [4.78, 5) is 10.7. The zero-order valence-corrected chi connectivity index (χ0v) is 7.87. The van der Waals surface area contributed by atoms with E-state index in [1.165, 1.54) is 0 Å². The fourth-order valence-corrected chi connectivity index (χ4v) is 0.581. The average molecular weight is 186 g/mol. The first kappa shape index (κ1) is 11.9. The molecule has 0 spiro atoms. The van der Waals surface area contributed by atoms with Crippen molar-refractivity contribution in [1.29, 1.82) is 0 Å². The molecule has 0 heterocycles. The Hall–Kier alpha value is -1.05. The van der Waals surface area contributed by atoms with Crippen LogP contribution < -0.4 is 0 Å². The van der Waals surface area contributed by atoms with E-state index in [4.69, 9.17) is 9.84 Å². The number of ether oxygens (including phenoxy) is 2. The van der Waals surface area contributed by atoms with Gasteiger partial charge in [-0.3, -0.25) is 0 Å². The van der Waals surface area contributed by atoms with Crippen LogP contribution in [0.15, 0.2) is 0 Å². The van der Waals surface area contributed by atoms with Crippen molar-refractivity contribution >= 4 is 5.97 Å². The fraction of sp³-hybridized carbons (Fsp3) is 0.667. The molecule has 0 saturated heterocycles. The zero-order chi connectivity index (χ0) is 10.1. The van der Waals surface area contributed by atoms with Gasteiger partial charge in [0.05, 0.1) is 13.2 Å². The molecule has 4 heteroatoms. The van der Waals surface area contributed by atoms with E-state index in [0.29, 0.717) is 6.61 Å². The van der Waals surface area contributed by atoms with Gasteiger partial charge in [0.1, 0.15) is 6.10 Å². The summed E-state index contributed by atoms with van der Waals surface area (Å²) in [5.41, 5.74) is 0. The fourth-order valence-electron chi connectivity index (χ4n) is 0.581. The van der Waals surface area contributed by atoms with Crippen LogP contribution in [0.1, 0.15) is 13.8 Å². The van der Waals surface area contributed by atoms with Crippen molar-refractivity contribution in [2.75, 3.05) is 19.8 Å². The van der Waals surface area contributed by atoms with E-state index in [1.54, 1.807) is 6.92 Å². The van der Waals surface area contributed by atoms with Gasteiger partial charge in [0, 0.05) is 12.5 Å². The minimum absolute atomic E-state index is 0.114. The Morgan fingerprint density at radius 3 is 2.69 bits per heavy atom. The molecule has 0 saturated carbocycles. The Bertz CT molecular complexity index is 201. The third-order valence-corrected chi connectivity index (χ3v) is 1.10. The summed E-state index contributed by atoms with van der Waals surface area (Å²) in [7, 11) is 0. The molecule has 0 bridgehead atoms. The Kier molecular flexibility index (Phi) is 6.98. The van der Waals surface area contributed by atoms with Crippen molar-refractivity contribution in [1.82, 2.24) is 0 Å². The van der Waals surface area contributed by atoms with Crippen LogP contribution in [0, 0.1) is 11.8 Å². The second-order valence-corrected chi connectivity index (χ2v) is 2.17. The number of carbonyl (C=O) groups excluding carboxylic acids is 1. The van der Waals surface area contributed by atoms with Gasteiger partial charge < -0.3 is 14.6 Å². The largest absolute Gasteiger partial charge is 0.456 e. The summed E-state index contributed by atoms with van der Waals surface area (Å²) < 4.78 is 9.42. The average Bonchev–Trinajstić information content (AvgIpc) is 2.12. The van der Waals surface area contributed by atoms with Gasteiger partial charge in [0.15, 0.2) is 0 Å². The van der Waals surface area contributed by atoms with E-state index < -0.39 is 12.1 Å². The van der Waals surface area contributed by atoms with Gasteiger partial charge in [-0.2, -0.15) is 0 Å². The lowest BCUT2D eigenvalue weighted by Gasteiger charge is -2.01. The topological polar surface area (TPSA) is 55.8 Å². The van der Waals surface area contributed by atoms with E-state index in [2.05, 4.69) is 16.6 Å². The monoisotopic (exact) mass is 186 g/mol. The van der Waals surface area contributed by atoms with E-state index in [1.807, 2.05) is 6.92 Å². The van der Waals surface area contributed by atoms with Crippen molar-refractivity contribution in [3.8, 4) is 11.8 Å². The third-order valence-electron chi connectivity index (χ3n) is 1.10. The minimum atomic E-state index is -0.927. The predicted octanol–water partition coefficient (Wildman–Crippen LogP) is -0.0497. The van der Waals surface area contributed by atoms with Gasteiger partial charge in [-0.15, -0.1) is 0 Å². The molecule has 0 aliphatic rings. The van der Waals surface area contributed by atoms with Crippen molar-refractivity contribution in [3.63, 3.8) is 0 Å². The third kappa shape index (κ3) is 7.32. The molecule has 74 valence electrons. The molecule has 4 nitrogen and oxygen atoms in total. The van der Waals surface area contributed by atoms with Crippen LogP contribution in [0.2, 0.25) is 0 Å². The van der Waals surface area contributed by atoms with Gasteiger partial charge >= 0.3 is 5.97 Å². The maximum absolute atomic E-state index is 10.7. The highest BCUT2D eigenvalue weighted by atomic mass is 16.5. The number of aliphatic hydroxyl groups excluding tert-OH is 1. The quantitative estimate of drug-likeness (QED) is 0.380. The summed E-state index contributed by atoms with van der Waals surface area (Å²) >= 11 is 0. The highest BCUT2D eigenvalue weighted by Crippen LogP contribution is 1.83. The van der Waals surface area contributed by atoms with Crippen LogP contribution in [0.5, 0.6) is 0 Å². The van der Waals surface area contributed by atoms with Crippen LogP contribution >= 0.6 is 0 Å². The highest BCUT2D eigenvalue weighted by molar-refractivity contribution is 5.88. The number of aliphatic hydroxyl groups is 1. The molecule has 0 aromatic rings. The molecule has 0 fully saturated rings. The van der Waals surface area contributed by atoms with E-state index >= 15 is 0 Å². The molecule has 0 amide bonds. The number of carbonyl (C=O) groups is 1. The van der Waals surface area contributed by atoms with Crippen LogP contribution in [0.3, 0.4) is 0 Å². The molecular formula is C9H14O4.